The van der Waals surface area contributed by atoms with Gasteiger partial charge in [-0.3, -0.25) is 4.79 Å². The number of carboxylic acid groups (broad SMARTS) is 1. The van der Waals surface area contributed by atoms with Gasteiger partial charge in [0.2, 0.25) is 5.91 Å². The first-order valence-electron chi connectivity index (χ1n) is 5.70. The minimum Gasteiger partial charge on any atom is -0.480 e. The van der Waals surface area contributed by atoms with Crippen LogP contribution in [0.15, 0.2) is 24.3 Å². The van der Waals surface area contributed by atoms with Crippen molar-refractivity contribution >= 4 is 23.6 Å². The molecule has 1 rings (SSSR count). The molecule has 1 atom stereocenters. The van der Waals surface area contributed by atoms with Crippen LogP contribution in [-0.4, -0.2) is 35.7 Å². The molecule has 20 heavy (non-hydrogen) atoms. The first-order chi connectivity index (χ1) is 9.40. The zero-order chi connectivity index (χ0) is 15.1. The number of carbonyl (C=O) groups is 3. The lowest BCUT2D eigenvalue weighted by Crippen LogP contribution is -2.44. The molecule has 3 amide bonds. The maximum absolute atomic E-state index is 11.6. The number of primary amides is 1. The number of urea groups is 1. The Bertz CT molecular complexity index is 518. The summed E-state index contributed by atoms with van der Waals surface area (Å²) in [5, 5.41) is 13.3. The number of carboxylic acids is 1. The monoisotopic (exact) mass is 281 g/mol. The van der Waals surface area contributed by atoms with Crippen LogP contribution in [0.4, 0.5) is 10.5 Å². The summed E-state index contributed by atoms with van der Waals surface area (Å²) in [6.07, 6.45) is 0. The largest absolute Gasteiger partial charge is 0.480 e. The van der Waals surface area contributed by atoms with E-state index in [1.165, 1.54) is 19.1 Å². The Morgan fingerprint density at radius 1 is 1.35 bits per heavy atom. The molecule has 0 fully saturated rings. The van der Waals surface area contributed by atoms with E-state index in [1.54, 1.807) is 12.1 Å². The summed E-state index contributed by atoms with van der Waals surface area (Å²) in [5.41, 5.74) is 5.30. The van der Waals surface area contributed by atoms with Crippen LogP contribution in [-0.2, 0) is 9.59 Å². The highest BCUT2D eigenvalue weighted by Gasteiger charge is 2.13. The number of ether oxygens (including phenoxy) is 1. The van der Waals surface area contributed by atoms with Crippen molar-refractivity contribution in [2.24, 2.45) is 5.73 Å². The van der Waals surface area contributed by atoms with E-state index in [9.17, 15) is 14.4 Å². The van der Waals surface area contributed by atoms with Gasteiger partial charge in [-0.15, -0.1) is 0 Å². The third-order valence-electron chi connectivity index (χ3n) is 2.26. The van der Waals surface area contributed by atoms with Crippen LogP contribution >= 0.6 is 0 Å². The van der Waals surface area contributed by atoms with Gasteiger partial charge in [0.1, 0.15) is 11.8 Å². The molecule has 0 bridgehead atoms. The number of nitrogens with one attached hydrogen (secondary N) is 2. The highest BCUT2D eigenvalue weighted by atomic mass is 16.5. The van der Waals surface area contributed by atoms with E-state index in [1.807, 2.05) is 0 Å². The summed E-state index contributed by atoms with van der Waals surface area (Å²) < 4.78 is 5.02. The minimum absolute atomic E-state index is 0.205. The SMILES string of the molecule is CC(NC(=O)Nc1ccccc1OCC(=O)O)C(N)=O. The number of amides is 3. The van der Waals surface area contributed by atoms with Crippen LogP contribution in [0, 0.1) is 0 Å². The van der Waals surface area contributed by atoms with Gasteiger partial charge in [0.15, 0.2) is 6.61 Å². The Kier molecular flexibility index (Phi) is 5.33. The first-order valence-corrected chi connectivity index (χ1v) is 5.70. The summed E-state index contributed by atoms with van der Waals surface area (Å²) >= 11 is 0. The Hall–Kier alpha value is -2.77. The number of benzene rings is 1. The molecule has 0 saturated carbocycles. The minimum atomic E-state index is -1.13. The third kappa shape index (κ3) is 4.84. The van der Waals surface area contributed by atoms with Crippen LogP contribution in [0.3, 0.4) is 0 Å². The van der Waals surface area contributed by atoms with E-state index in [2.05, 4.69) is 10.6 Å². The molecule has 1 aromatic carbocycles. The Balaban J connectivity index is 2.69. The van der Waals surface area contributed by atoms with Crippen molar-refractivity contribution in [3.05, 3.63) is 24.3 Å². The predicted octanol–water partition coefficient (Wildman–Crippen LogP) is 0.145. The van der Waals surface area contributed by atoms with Gasteiger partial charge in [0.25, 0.3) is 0 Å². The molecule has 8 heteroatoms. The van der Waals surface area contributed by atoms with Crippen LogP contribution in [0.2, 0.25) is 0 Å². The lowest BCUT2D eigenvalue weighted by atomic mass is 10.3. The van der Waals surface area contributed by atoms with E-state index >= 15 is 0 Å². The van der Waals surface area contributed by atoms with Crippen LogP contribution in [0.5, 0.6) is 5.75 Å². The Labute approximate surface area is 114 Å². The maximum atomic E-state index is 11.6. The number of aliphatic carboxylic acids is 1. The number of para-hydroxylation sites is 2. The maximum Gasteiger partial charge on any atom is 0.341 e. The van der Waals surface area contributed by atoms with E-state index in [4.69, 9.17) is 15.6 Å². The fourth-order valence-electron chi connectivity index (χ4n) is 1.26. The van der Waals surface area contributed by atoms with Gasteiger partial charge in [-0.25, -0.2) is 9.59 Å². The van der Waals surface area contributed by atoms with Crippen molar-refractivity contribution < 1.29 is 24.2 Å². The molecule has 8 nitrogen and oxygen atoms in total. The molecule has 0 spiro atoms. The number of carbonyl (C=O) groups excluding carboxylic acids is 2. The molecule has 0 heterocycles. The van der Waals surface area contributed by atoms with Gasteiger partial charge in [-0.1, -0.05) is 12.1 Å². The quantitative estimate of drug-likeness (QED) is 0.589. The number of hydrogen-bond donors (Lipinski definition) is 4. The second-order valence-electron chi connectivity index (χ2n) is 3.90. The predicted molar refractivity (Wildman–Crippen MR) is 70.4 cm³/mol. The molecule has 0 aliphatic carbocycles. The molecule has 0 aliphatic rings. The first kappa shape index (κ1) is 15.3. The Morgan fingerprint density at radius 3 is 2.60 bits per heavy atom. The summed E-state index contributed by atoms with van der Waals surface area (Å²) in [5.74, 6) is -1.60. The molecule has 5 N–H and O–H groups in total. The highest BCUT2D eigenvalue weighted by molar-refractivity contribution is 5.94. The van der Waals surface area contributed by atoms with Crippen molar-refractivity contribution in [1.82, 2.24) is 5.32 Å². The van der Waals surface area contributed by atoms with Gasteiger partial charge >= 0.3 is 12.0 Å². The normalized spacial score (nSPS) is 11.2. The third-order valence-corrected chi connectivity index (χ3v) is 2.26. The van der Waals surface area contributed by atoms with Gasteiger partial charge in [-0.05, 0) is 19.1 Å². The molecule has 0 saturated heterocycles. The van der Waals surface area contributed by atoms with Gasteiger partial charge in [0.05, 0.1) is 5.69 Å². The Morgan fingerprint density at radius 2 is 2.00 bits per heavy atom. The second kappa shape index (κ2) is 6.98. The average molecular weight is 281 g/mol. The van der Waals surface area contributed by atoms with Crippen molar-refractivity contribution in [2.75, 3.05) is 11.9 Å². The fraction of sp³-hybridized carbons (Fsp3) is 0.250. The molecule has 108 valence electrons. The summed E-state index contributed by atoms with van der Waals surface area (Å²) in [6, 6.07) is 4.83. The summed E-state index contributed by atoms with van der Waals surface area (Å²) in [7, 11) is 0. The second-order valence-corrected chi connectivity index (χ2v) is 3.90. The number of nitrogens with two attached hydrogens (primary N) is 1. The lowest BCUT2D eigenvalue weighted by Gasteiger charge is -2.14. The zero-order valence-corrected chi connectivity index (χ0v) is 10.8. The van der Waals surface area contributed by atoms with E-state index in [-0.39, 0.29) is 11.4 Å². The standard InChI is InChI=1S/C12H15N3O5/c1-7(11(13)18)14-12(19)15-8-4-2-3-5-9(8)20-6-10(16)17/h2-5,7H,6H2,1H3,(H2,13,18)(H,16,17)(H2,14,15,19). The molecule has 0 radical (unpaired) electrons. The van der Waals surface area contributed by atoms with Gasteiger partial charge in [0, 0.05) is 0 Å². The molecule has 1 unspecified atom stereocenters. The van der Waals surface area contributed by atoms with Crippen molar-refractivity contribution in [3.8, 4) is 5.75 Å². The van der Waals surface area contributed by atoms with E-state index in [0.29, 0.717) is 0 Å². The zero-order valence-electron chi connectivity index (χ0n) is 10.8. The molecule has 0 aromatic heterocycles. The van der Waals surface area contributed by atoms with Crippen molar-refractivity contribution in [1.29, 1.82) is 0 Å². The molecular formula is C12H15N3O5. The summed E-state index contributed by atoms with van der Waals surface area (Å²) in [4.78, 5) is 32.9. The molecular weight excluding hydrogens is 266 g/mol. The fourth-order valence-corrected chi connectivity index (χ4v) is 1.26. The molecule has 0 aliphatic heterocycles. The lowest BCUT2D eigenvalue weighted by molar-refractivity contribution is -0.139. The van der Waals surface area contributed by atoms with Crippen molar-refractivity contribution in [3.63, 3.8) is 0 Å². The number of hydrogen-bond acceptors (Lipinski definition) is 4. The van der Waals surface area contributed by atoms with Gasteiger partial charge < -0.3 is 26.2 Å². The summed E-state index contributed by atoms with van der Waals surface area (Å²) in [6.45, 7) is 0.909. The number of rotatable bonds is 6. The number of anilines is 1. The average Bonchev–Trinajstić information content (AvgIpc) is 2.37. The smallest absolute Gasteiger partial charge is 0.341 e. The topological polar surface area (TPSA) is 131 Å². The van der Waals surface area contributed by atoms with E-state index < -0.39 is 30.6 Å². The molecule has 1 aromatic rings. The van der Waals surface area contributed by atoms with Crippen molar-refractivity contribution in [2.45, 2.75) is 13.0 Å². The van der Waals surface area contributed by atoms with Gasteiger partial charge in [-0.2, -0.15) is 0 Å². The van der Waals surface area contributed by atoms with Crippen LogP contribution < -0.4 is 21.1 Å². The van der Waals surface area contributed by atoms with Crippen LogP contribution in [0.25, 0.3) is 0 Å². The highest BCUT2D eigenvalue weighted by Crippen LogP contribution is 2.23. The van der Waals surface area contributed by atoms with Crippen LogP contribution in [0.1, 0.15) is 6.92 Å². The van der Waals surface area contributed by atoms with E-state index in [0.717, 1.165) is 0 Å².